The predicted octanol–water partition coefficient (Wildman–Crippen LogP) is 3.77. The van der Waals surface area contributed by atoms with Gasteiger partial charge >= 0.3 is 0 Å². The van der Waals surface area contributed by atoms with Gasteiger partial charge in [-0.05, 0) is 56.3 Å². The molecule has 1 aliphatic heterocycles. The van der Waals surface area contributed by atoms with Crippen molar-refractivity contribution in [2.45, 2.75) is 12.8 Å². The standard InChI is InChI=1S/C21H24N6O/c22-14-17-13-18(4-5-19(17)23-9-12-27-10-1-2-11-27)28-21-6-3-16(15-24-21)20-7-8-25-26-20/h3-8,13-15,22-23H,1-2,9-12H2,(H,25,26). The summed E-state index contributed by atoms with van der Waals surface area (Å²) < 4.78 is 5.86. The molecule has 0 saturated carbocycles. The number of aromatic nitrogens is 3. The minimum absolute atomic E-state index is 0.508. The summed E-state index contributed by atoms with van der Waals surface area (Å²) >= 11 is 0. The van der Waals surface area contributed by atoms with Gasteiger partial charge in [-0.2, -0.15) is 5.10 Å². The molecule has 0 spiro atoms. The quantitative estimate of drug-likeness (QED) is 0.521. The number of anilines is 1. The van der Waals surface area contributed by atoms with Crippen LogP contribution in [0.2, 0.25) is 0 Å². The molecule has 0 radical (unpaired) electrons. The van der Waals surface area contributed by atoms with E-state index in [1.54, 1.807) is 12.4 Å². The Kier molecular flexibility index (Phi) is 5.63. The fourth-order valence-electron chi connectivity index (χ4n) is 3.38. The van der Waals surface area contributed by atoms with Crippen molar-refractivity contribution < 1.29 is 4.74 Å². The van der Waals surface area contributed by atoms with Gasteiger partial charge in [-0.1, -0.05) is 0 Å². The average molecular weight is 376 g/mol. The number of nitrogens with one attached hydrogen (secondary N) is 3. The van der Waals surface area contributed by atoms with Gasteiger partial charge in [0, 0.05) is 54.6 Å². The third-order valence-electron chi connectivity index (χ3n) is 4.89. The molecule has 1 saturated heterocycles. The zero-order valence-electron chi connectivity index (χ0n) is 15.7. The van der Waals surface area contributed by atoms with Gasteiger partial charge < -0.3 is 20.4 Å². The maximum atomic E-state index is 7.72. The third-order valence-corrected chi connectivity index (χ3v) is 4.89. The molecule has 7 nitrogen and oxygen atoms in total. The van der Waals surface area contributed by atoms with Gasteiger partial charge in [-0.3, -0.25) is 5.10 Å². The van der Waals surface area contributed by atoms with E-state index in [0.29, 0.717) is 11.6 Å². The molecule has 0 bridgehead atoms. The minimum atomic E-state index is 0.508. The highest BCUT2D eigenvalue weighted by molar-refractivity contribution is 5.86. The number of pyridine rings is 1. The molecule has 0 atom stereocenters. The second kappa shape index (κ2) is 8.67. The number of ether oxygens (including phenoxy) is 1. The van der Waals surface area contributed by atoms with E-state index in [2.05, 4.69) is 25.4 Å². The molecule has 0 aliphatic carbocycles. The summed E-state index contributed by atoms with van der Waals surface area (Å²) in [5.41, 5.74) is 3.61. The molecule has 28 heavy (non-hydrogen) atoms. The first kappa shape index (κ1) is 18.2. The van der Waals surface area contributed by atoms with Crippen molar-refractivity contribution in [1.82, 2.24) is 20.1 Å². The van der Waals surface area contributed by atoms with Crippen LogP contribution in [0.3, 0.4) is 0 Å². The molecule has 4 rings (SSSR count). The minimum Gasteiger partial charge on any atom is -0.439 e. The van der Waals surface area contributed by atoms with Gasteiger partial charge in [-0.15, -0.1) is 0 Å². The summed E-state index contributed by atoms with van der Waals surface area (Å²) in [4.78, 5) is 6.82. The van der Waals surface area contributed by atoms with E-state index in [9.17, 15) is 0 Å². The van der Waals surface area contributed by atoms with Crippen LogP contribution in [-0.2, 0) is 0 Å². The first-order valence-electron chi connectivity index (χ1n) is 9.56. The van der Waals surface area contributed by atoms with E-state index >= 15 is 0 Å². The lowest BCUT2D eigenvalue weighted by molar-refractivity contribution is 0.352. The van der Waals surface area contributed by atoms with Crippen LogP contribution in [0.1, 0.15) is 18.4 Å². The Labute approximate surface area is 164 Å². The lowest BCUT2D eigenvalue weighted by atomic mass is 10.2. The summed E-state index contributed by atoms with van der Waals surface area (Å²) in [7, 11) is 0. The largest absolute Gasteiger partial charge is 0.439 e. The summed E-state index contributed by atoms with van der Waals surface area (Å²) in [5.74, 6) is 1.17. The van der Waals surface area contributed by atoms with Crippen LogP contribution in [0.25, 0.3) is 11.3 Å². The number of benzene rings is 1. The maximum Gasteiger partial charge on any atom is 0.219 e. The summed E-state index contributed by atoms with van der Waals surface area (Å²) in [5, 5.41) is 18.0. The van der Waals surface area contributed by atoms with Crippen LogP contribution in [0.4, 0.5) is 5.69 Å². The Bertz CT molecular complexity index is 901. The van der Waals surface area contributed by atoms with Crippen molar-refractivity contribution in [2.24, 2.45) is 0 Å². The highest BCUT2D eigenvalue weighted by Crippen LogP contribution is 2.26. The van der Waals surface area contributed by atoms with Crippen LogP contribution >= 0.6 is 0 Å². The van der Waals surface area contributed by atoms with Crippen LogP contribution in [0.5, 0.6) is 11.6 Å². The van der Waals surface area contributed by atoms with Crippen molar-refractivity contribution >= 4 is 11.9 Å². The Balaban J connectivity index is 1.38. The smallest absolute Gasteiger partial charge is 0.219 e. The van der Waals surface area contributed by atoms with Gasteiger partial charge in [0.25, 0.3) is 0 Å². The number of hydrogen-bond acceptors (Lipinski definition) is 6. The molecule has 7 heteroatoms. The number of likely N-dealkylation sites (tertiary alicyclic amines) is 1. The first-order valence-corrected chi connectivity index (χ1v) is 9.56. The van der Waals surface area contributed by atoms with Crippen LogP contribution < -0.4 is 10.1 Å². The molecule has 0 unspecified atom stereocenters. The lowest BCUT2D eigenvalue weighted by Gasteiger charge is -2.16. The summed E-state index contributed by atoms with van der Waals surface area (Å²) in [6.07, 6.45) is 7.40. The van der Waals surface area contributed by atoms with Gasteiger partial charge in [0.05, 0.1) is 5.69 Å². The number of aromatic amines is 1. The van der Waals surface area contributed by atoms with Crippen molar-refractivity contribution in [3.8, 4) is 22.9 Å². The van der Waals surface area contributed by atoms with Crippen molar-refractivity contribution in [3.05, 3.63) is 54.4 Å². The monoisotopic (exact) mass is 376 g/mol. The second-order valence-corrected chi connectivity index (χ2v) is 6.83. The molecule has 144 valence electrons. The average Bonchev–Trinajstić information content (AvgIpc) is 3.44. The number of H-pyrrole nitrogens is 1. The van der Waals surface area contributed by atoms with Crippen LogP contribution in [0.15, 0.2) is 48.8 Å². The van der Waals surface area contributed by atoms with E-state index in [1.165, 1.54) is 32.1 Å². The zero-order valence-corrected chi connectivity index (χ0v) is 15.7. The molecule has 3 N–H and O–H groups in total. The number of nitrogens with zero attached hydrogens (tertiary/aromatic N) is 3. The van der Waals surface area contributed by atoms with E-state index in [4.69, 9.17) is 10.1 Å². The Hall–Kier alpha value is -3.19. The van der Waals surface area contributed by atoms with Crippen molar-refractivity contribution in [3.63, 3.8) is 0 Å². The fourth-order valence-corrected chi connectivity index (χ4v) is 3.38. The number of rotatable bonds is 8. The SMILES string of the molecule is N=Cc1cc(Oc2ccc(-c3ccn[nH]3)cn2)ccc1NCCN1CCCC1. The Morgan fingerprint density at radius 3 is 2.79 bits per heavy atom. The van der Waals surface area contributed by atoms with Gasteiger partial charge in [0.1, 0.15) is 5.75 Å². The Morgan fingerprint density at radius 2 is 2.07 bits per heavy atom. The predicted molar refractivity (Wildman–Crippen MR) is 110 cm³/mol. The maximum absolute atomic E-state index is 7.72. The fraction of sp³-hybridized carbons (Fsp3) is 0.286. The first-order chi connectivity index (χ1) is 13.8. The molecule has 3 heterocycles. The molecule has 1 fully saturated rings. The van der Waals surface area contributed by atoms with E-state index in [1.807, 2.05) is 36.4 Å². The second-order valence-electron chi connectivity index (χ2n) is 6.83. The van der Waals surface area contributed by atoms with E-state index in [0.717, 1.165) is 35.6 Å². The lowest BCUT2D eigenvalue weighted by Crippen LogP contribution is -2.26. The highest BCUT2D eigenvalue weighted by Gasteiger charge is 2.11. The molecule has 2 aromatic heterocycles. The van der Waals surface area contributed by atoms with Crippen LogP contribution in [-0.4, -0.2) is 52.5 Å². The zero-order chi connectivity index (χ0) is 19.2. The highest BCUT2D eigenvalue weighted by atomic mass is 16.5. The molecular weight excluding hydrogens is 352 g/mol. The third kappa shape index (κ3) is 4.37. The number of hydrogen-bond donors (Lipinski definition) is 3. The van der Waals surface area contributed by atoms with Crippen molar-refractivity contribution in [2.75, 3.05) is 31.5 Å². The van der Waals surface area contributed by atoms with Gasteiger partial charge in [-0.25, -0.2) is 4.98 Å². The molecular formula is C21H24N6O. The molecule has 1 aromatic carbocycles. The Morgan fingerprint density at radius 1 is 1.18 bits per heavy atom. The molecule has 3 aromatic rings. The van der Waals surface area contributed by atoms with E-state index in [-0.39, 0.29) is 0 Å². The van der Waals surface area contributed by atoms with Gasteiger partial charge in [0.15, 0.2) is 0 Å². The van der Waals surface area contributed by atoms with E-state index < -0.39 is 0 Å². The van der Waals surface area contributed by atoms with Gasteiger partial charge in [0.2, 0.25) is 5.88 Å². The molecule has 0 amide bonds. The normalized spacial score (nSPS) is 14.1. The summed E-state index contributed by atoms with van der Waals surface area (Å²) in [6.45, 7) is 4.29. The summed E-state index contributed by atoms with van der Waals surface area (Å²) in [6, 6.07) is 11.4. The molecule has 1 aliphatic rings. The van der Waals surface area contributed by atoms with Crippen LogP contribution in [0, 0.1) is 5.41 Å². The van der Waals surface area contributed by atoms with Crippen molar-refractivity contribution in [1.29, 1.82) is 5.41 Å². The topological polar surface area (TPSA) is 89.9 Å².